The lowest BCUT2D eigenvalue weighted by molar-refractivity contribution is 0.0516. The van der Waals surface area contributed by atoms with Gasteiger partial charge in [-0.2, -0.15) is 5.10 Å². The van der Waals surface area contributed by atoms with E-state index in [0.29, 0.717) is 10.7 Å². The second-order valence-electron chi connectivity index (χ2n) is 3.39. The molecule has 0 aliphatic rings. The second kappa shape index (κ2) is 5.05. The SMILES string of the molecule is CCOC(=O)c1[nH]nc(-c2ccc(Cl)nc2)c1O. The fourth-order valence-corrected chi connectivity index (χ4v) is 1.51. The summed E-state index contributed by atoms with van der Waals surface area (Å²) in [6.07, 6.45) is 1.45. The van der Waals surface area contributed by atoms with Crippen LogP contribution in [-0.2, 0) is 4.74 Å². The molecule has 0 aromatic carbocycles. The lowest BCUT2D eigenvalue weighted by Crippen LogP contribution is -2.05. The van der Waals surface area contributed by atoms with Crippen molar-refractivity contribution >= 4 is 17.6 Å². The molecule has 6 nitrogen and oxygen atoms in total. The molecule has 0 bridgehead atoms. The van der Waals surface area contributed by atoms with Gasteiger partial charge in [-0.05, 0) is 19.1 Å². The molecule has 94 valence electrons. The van der Waals surface area contributed by atoms with Crippen LogP contribution in [0.25, 0.3) is 11.3 Å². The molecule has 0 saturated heterocycles. The van der Waals surface area contributed by atoms with Gasteiger partial charge in [0.1, 0.15) is 10.8 Å². The molecule has 0 atom stereocenters. The molecule has 0 radical (unpaired) electrons. The standard InChI is InChI=1S/C11H10ClN3O3/c1-2-18-11(17)9-10(16)8(14-15-9)6-3-4-7(12)13-5-6/h3-5,16H,2H2,1H3,(H,14,15). The minimum Gasteiger partial charge on any atom is -0.504 e. The highest BCUT2D eigenvalue weighted by Gasteiger charge is 2.20. The number of rotatable bonds is 3. The largest absolute Gasteiger partial charge is 0.504 e. The molecule has 0 aliphatic heterocycles. The number of carbonyl (C=O) groups excluding carboxylic acids is 1. The van der Waals surface area contributed by atoms with Gasteiger partial charge < -0.3 is 9.84 Å². The van der Waals surface area contributed by atoms with Crippen molar-refractivity contribution in [3.8, 4) is 17.0 Å². The van der Waals surface area contributed by atoms with Crippen molar-refractivity contribution in [2.24, 2.45) is 0 Å². The second-order valence-corrected chi connectivity index (χ2v) is 3.77. The van der Waals surface area contributed by atoms with Crippen molar-refractivity contribution in [3.63, 3.8) is 0 Å². The van der Waals surface area contributed by atoms with E-state index in [-0.39, 0.29) is 23.7 Å². The number of aromatic nitrogens is 3. The molecule has 0 spiro atoms. The summed E-state index contributed by atoms with van der Waals surface area (Å²) in [7, 11) is 0. The Bertz CT molecular complexity index is 565. The fourth-order valence-electron chi connectivity index (χ4n) is 1.40. The van der Waals surface area contributed by atoms with E-state index in [0.717, 1.165) is 0 Å². The third-order valence-electron chi connectivity index (χ3n) is 2.22. The van der Waals surface area contributed by atoms with Gasteiger partial charge in [0.05, 0.1) is 6.61 Å². The number of hydrogen-bond acceptors (Lipinski definition) is 5. The maximum atomic E-state index is 11.5. The summed E-state index contributed by atoms with van der Waals surface area (Å²) >= 11 is 5.66. The molecule has 2 aromatic heterocycles. The molecular weight excluding hydrogens is 258 g/mol. The van der Waals surface area contributed by atoms with E-state index >= 15 is 0 Å². The van der Waals surface area contributed by atoms with E-state index in [9.17, 15) is 9.90 Å². The minimum absolute atomic E-state index is 0.0817. The Morgan fingerprint density at radius 1 is 1.56 bits per heavy atom. The maximum absolute atomic E-state index is 11.5. The van der Waals surface area contributed by atoms with E-state index in [4.69, 9.17) is 16.3 Å². The van der Waals surface area contributed by atoms with Crippen LogP contribution >= 0.6 is 11.6 Å². The summed E-state index contributed by atoms with van der Waals surface area (Å²) in [6, 6.07) is 3.20. The topological polar surface area (TPSA) is 88.1 Å². The molecule has 2 rings (SSSR count). The fraction of sp³-hybridized carbons (Fsp3) is 0.182. The predicted octanol–water partition coefficient (Wildman–Crippen LogP) is 2.01. The van der Waals surface area contributed by atoms with Crippen molar-refractivity contribution in [3.05, 3.63) is 29.2 Å². The summed E-state index contributed by atoms with van der Waals surface area (Å²) in [5.41, 5.74) is 0.688. The summed E-state index contributed by atoms with van der Waals surface area (Å²) in [6.45, 7) is 1.89. The Morgan fingerprint density at radius 3 is 2.94 bits per heavy atom. The summed E-state index contributed by atoms with van der Waals surface area (Å²) in [5.74, 6) is -0.923. The molecule has 0 unspecified atom stereocenters. The third-order valence-corrected chi connectivity index (χ3v) is 2.44. The van der Waals surface area contributed by atoms with Crippen LogP contribution in [0.3, 0.4) is 0 Å². The Balaban J connectivity index is 2.36. The molecule has 18 heavy (non-hydrogen) atoms. The van der Waals surface area contributed by atoms with Crippen LogP contribution < -0.4 is 0 Å². The molecule has 0 saturated carbocycles. The van der Waals surface area contributed by atoms with Crippen molar-refractivity contribution in [2.75, 3.05) is 6.61 Å². The summed E-state index contributed by atoms with van der Waals surface area (Å²) in [4.78, 5) is 15.3. The van der Waals surface area contributed by atoms with Crippen LogP contribution in [0.15, 0.2) is 18.3 Å². The number of ether oxygens (including phenoxy) is 1. The lowest BCUT2D eigenvalue weighted by atomic mass is 10.2. The van der Waals surface area contributed by atoms with Crippen LogP contribution in [0, 0.1) is 0 Å². The zero-order chi connectivity index (χ0) is 13.1. The summed E-state index contributed by atoms with van der Waals surface area (Å²) in [5, 5.41) is 16.5. The first-order valence-corrected chi connectivity index (χ1v) is 5.57. The van der Waals surface area contributed by atoms with Gasteiger partial charge >= 0.3 is 5.97 Å². The van der Waals surface area contributed by atoms with E-state index in [1.54, 1.807) is 19.1 Å². The maximum Gasteiger partial charge on any atom is 0.360 e. The number of hydrogen-bond donors (Lipinski definition) is 2. The van der Waals surface area contributed by atoms with Gasteiger partial charge in [0.15, 0.2) is 11.4 Å². The Hall–Kier alpha value is -2.08. The van der Waals surface area contributed by atoms with Gasteiger partial charge in [0.25, 0.3) is 0 Å². The van der Waals surface area contributed by atoms with Crippen molar-refractivity contribution in [1.82, 2.24) is 15.2 Å². The number of pyridine rings is 1. The Kier molecular flexibility index (Phi) is 3.47. The van der Waals surface area contributed by atoms with E-state index < -0.39 is 5.97 Å². The average Bonchev–Trinajstić information content (AvgIpc) is 2.73. The number of esters is 1. The van der Waals surface area contributed by atoms with Gasteiger partial charge in [-0.25, -0.2) is 9.78 Å². The van der Waals surface area contributed by atoms with E-state index in [1.165, 1.54) is 6.20 Å². The van der Waals surface area contributed by atoms with Gasteiger partial charge in [-0.3, -0.25) is 5.10 Å². The normalized spacial score (nSPS) is 10.3. The molecule has 2 N–H and O–H groups in total. The number of H-pyrrole nitrogens is 1. The molecule has 0 fully saturated rings. The van der Waals surface area contributed by atoms with Crippen LogP contribution in [0.4, 0.5) is 0 Å². The molecular formula is C11H10ClN3O3. The van der Waals surface area contributed by atoms with Crippen LogP contribution in [0.1, 0.15) is 17.4 Å². The highest BCUT2D eigenvalue weighted by atomic mass is 35.5. The molecule has 2 aromatic rings. The number of aromatic hydroxyl groups is 1. The highest BCUT2D eigenvalue weighted by Crippen LogP contribution is 2.30. The van der Waals surface area contributed by atoms with Crippen molar-refractivity contribution in [1.29, 1.82) is 0 Å². The Morgan fingerprint density at radius 2 is 2.33 bits per heavy atom. The molecule has 2 heterocycles. The smallest absolute Gasteiger partial charge is 0.360 e. The van der Waals surface area contributed by atoms with Gasteiger partial charge in [0.2, 0.25) is 0 Å². The molecule has 0 amide bonds. The number of nitrogens with one attached hydrogen (secondary N) is 1. The number of aromatic amines is 1. The van der Waals surface area contributed by atoms with Crippen molar-refractivity contribution in [2.45, 2.75) is 6.92 Å². The Labute approximate surface area is 108 Å². The minimum atomic E-state index is -0.657. The first-order chi connectivity index (χ1) is 8.63. The number of halogens is 1. The summed E-state index contributed by atoms with van der Waals surface area (Å²) < 4.78 is 4.77. The quantitative estimate of drug-likeness (QED) is 0.656. The van der Waals surface area contributed by atoms with Crippen LogP contribution in [0.5, 0.6) is 5.75 Å². The molecule has 7 heteroatoms. The van der Waals surface area contributed by atoms with E-state index in [2.05, 4.69) is 15.2 Å². The predicted molar refractivity (Wildman–Crippen MR) is 64.5 cm³/mol. The zero-order valence-corrected chi connectivity index (χ0v) is 10.2. The highest BCUT2D eigenvalue weighted by molar-refractivity contribution is 6.29. The van der Waals surface area contributed by atoms with Crippen LogP contribution in [0.2, 0.25) is 5.15 Å². The van der Waals surface area contributed by atoms with Gasteiger partial charge in [-0.15, -0.1) is 0 Å². The first kappa shape index (κ1) is 12.4. The first-order valence-electron chi connectivity index (χ1n) is 5.19. The van der Waals surface area contributed by atoms with E-state index in [1.807, 2.05) is 0 Å². The monoisotopic (exact) mass is 267 g/mol. The third kappa shape index (κ3) is 2.28. The zero-order valence-electron chi connectivity index (χ0n) is 9.48. The van der Waals surface area contributed by atoms with Crippen LogP contribution in [-0.4, -0.2) is 32.9 Å². The number of carbonyl (C=O) groups is 1. The number of nitrogens with zero attached hydrogens (tertiary/aromatic N) is 2. The molecule has 0 aliphatic carbocycles. The lowest BCUT2D eigenvalue weighted by Gasteiger charge is -1.99. The average molecular weight is 268 g/mol. The van der Waals surface area contributed by atoms with Gasteiger partial charge in [0, 0.05) is 11.8 Å². The van der Waals surface area contributed by atoms with Crippen molar-refractivity contribution < 1.29 is 14.6 Å². The van der Waals surface area contributed by atoms with Gasteiger partial charge in [-0.1, -0.05) is 11.6 Å².